The minimum atomic E-state index is -0.772. The zero-order valence-electron chi connectivity index (χ0n) is 22.7. The molecule has 1 aromatic heterocycles. The number of carboxylic acid groups (broad SMARTS) is 1. The van der Waals surface area contributed by atoms with E-state index in [0.717, 1.165) is 54.7 Å². The van der Waals surface area contributed by atoms with Gasteiger partial charge in [-0.3, -0.25) is 19.4 Å². The Kier molecular flexibility index (Phi) is 9.63. The lowest BCUT2D eigenvalue weighted by Gasteiger charge is -2.32. The van der Waals surface area contributed by atoms with Gasteiger partial charge in [0.2, 0.25) is 5.13 Å². The third-order valence-corrected chi connectivity index (χ3v) is 7.96. The molecule has 1 fully saturated rings. The number of aryl methyl sites for hydroxylation is 2. The number of nitrogens with zero attached hydrogens (tertiary/aromatic N) is 4. The average Bonchev–Trinajstić information content (AvgIpc) is 3.40. The van der Waals surface area contributed by atoms with Crippen LogP contribution in [0.2, 0.25) is 0 Å². The van der Waals surface area contributed by atoms with Crippen LogP contribution in [0.4, 0.5) is 9.52 Å². The van der Waals surface area contributed by atoms with Gasteiger partial charge >= 0.3 is 5.97 Å². The molecule has 0 aliphatic carbocycles. The molecule has 0 bridgehead atoms. The zero-order chi connectivity index (χ0) is 27.9. The SMILES string of the molecule is CCCCN(C(=O)c1ccccc1F)c1nnc(-c2cc(C)c(OCCN3CCCCC3C(=O)O)c(C)c2)s1. The fourth-order valence-corrected chi connectivity index (χ4v) is 5.78. The molecule has 39 heavy (non-hydrogen) atoms. The maximum absolute atomic E-state index is 14.4. The van der Waals surface area contributed by atoms with Crippen LogP contribution >= 0.6 is 11.3 Å². The molecule has 8 nitrogen and oxygen atoms in total. The monoisotopic (exact) mass is 554 g/mol. The fraction of sp³-hybridized carbons (Fsp3) is 0.448. The maximum atomic E-state index is 14.4. The number of anilines is 1. The van der Waals surface area contributed by atoms with Crippen LogP contribution in [0.1, 0.15) is 60.5 Å². The molecule has 2 aromatic carbocycles. The number of piperidine rings is 1. The minimum Gasteiger partial charge on any atom is -0.492 e. The van der Waals surface area contributed by atoms with Gasteiger partial charge in [0.15, 0.2) is 0 Å². The van der Waals surface area contributed by atoms with Crippen LogP contribution < -0.4 is 9.64 Å². The Morgan fingerprint density at radius 1 is 1.18 bits per heavy atom. The van der Waals surface area contributed by atoms with Crippen molar-refractivity contribution in [3.05, 3.63) is 58.9 Å². The Bertz CT molecular complexity index is 1290. The summed E-state index contributed by atoms with van der Waals surface area (Å²) in [6.45, 7) is 8.10. The van der Waals surface area contributed by atoms with Gasteiger partial charge in [0, 0.05) is 18.7 Å². The van der Waals surface area contributed by atoms with Crippen LogP contribution in [0, 0.1) is 19.7 Å². The molecular weight excluding hydrogens is 519 g/mol. The first kappa shape index (κ1) is 28.6. The number of benzene rings is 2. The normalized spacial score (nSPS) is 15.7. The zero-order valence-corrected chi connectivity index (χ0v) is 23.5. The fourth-order valence-electron chi connectivity index (χ4n) is 4.93. The Hall–Kier alpha value is -3.37. The summed E-state index contributed by atoms with van der Waals surface area (Å²) in [5, 5.41) is 19.2. The summed E-state index contributed by atoms with van der Waals surface area (Å²) < 4.78 is 20.5. The smallest absolute Gasteiger partial charge is 0.320 e. The van der Waals surface area contributed by atoms with E-state index in [-0.39, 0.29) is 5.56 Å². The van der Waals surface area contributed by atoms with Gasteiger partial charge < -0.3 is 9.84 Å². The van der Waals surface area contributed by atoms with Crippen LogP contribution in [0.5, 0.6) is 5.75 Å². The van der Waals surface area contributed by atoms with Crippen molar-refractivity contribution < 1.29 is 23.8 Å². The lowest BCUT2D eigenvalue weighted by atomic mass is 10.0. The number of hydrogen-bond acceptors (Lipinski definition) is 7. The number of amides is 1. The Morgan fingerprint density at radius 3 is 2.62 bits per heavy atom. The van der Waals surface area contributed by atoms with Crippen LogP contribution in [0.15, 0.2) is 36.4 Å². The van der Waals surface area contributed by atoms with Gasteiger partial charge in [-0.15, -0.1) is 10.2 Å². The number of carbonyl (C=O) groups excluding carboxylic acids is 1. The summed E-state index contributed by atoms with van der Waals surface area (Å²) in [5.74, 6) is -0.994. The molecule has 1 unspecified atom stereocenters. The summed E-state index contributed by atoms with van der Waals surface area (Å²) >= 11 is 1.29. The summed E-state index contributed by atoms with van der Waals surface area (Å²) in [5.41, 5.74) is 2.73. The van der Waals surface area contributed by atoms with Gasteiger partial charge in [0.05, 0.1) is 5.56 Å². The van der Waals surface area contributed by atoms with Crippen molar-refractivity contribution in [2.24, 2.45) is 0 Å². The summed E-state index contributed by atoms with van der Waals surface area (Å²) in [6.07, 6.45) is 4.25. The largest absolute Gasteiger partial charge is 0.492 e. The third kappa shape index (κ3) is 6.80. The topological polar surface area (TPSA) is 95.9 Å². The first-order valence-electron chi connectivity index (χ1n) is 13.4. The number of carboxylic acids is 1. The highest BCUT2D eigenvalue weighted by atomic mass is 32.1. The molecule has 1 saturated heterocycles. The predicted octanol–water partition coefficient (Wildman–Crippen LogP) is 5.73. The summed E-state index contributed by atoms with van der Waals surface area (Å²) in [4.78, 5) is 28.3. The van der Waals surface area contributed by atoms with Crippen molar-refractivity contribution in [2.75, 3.05) is 31.1 Å². The van der Waals surface area contributed by atoms with Crippen LogP contribution in [0.3, 0.4) is 0 Å². The lowest BCUT2D eigenvalue weighted by Crippen LogP contribution is -2.46. The Morgan fingerprint density at radius 2 is 1.92 bits per heavy atom. The molecule has 208 valence electrons. The maximum Gasteiger partial charge on any atom is 0.320 e. The molecule has 0 saturated carbocycles. The van der Waals surface area contributed by atoms with Crippen molar-refractivity contribution in [1.29, 1.82) is 0 Å². The quantitative estimate of drug-likeness (QED) is 0.324. The molecule has 1 atom stereocenters. The van der Waals surface area contributed by atoms with Gasteiger partial charge in [-0.05, 0) is 75.0 Å². The van der Waals surface area contributed by atoms with E-state index < -0.39 is 23.7 Å². The van der Waals surface area contributed by atoms with Crippen LogP contribution in [-0.2, 0) is 4.79 Å². The van der Waals surface area contributed by atoms with Gasteiger partial charge in [-0.25, -0.2) is 4.39 Å². The molecule has 1 aliphatic rings. The van der Waals surface area contributed by atoms with E-state index in [4.69, 9.17) is 4.74 Å². The first-order chi connectivity index (χ1) is 18.8. The predicted molar refractivity (Wildman–Crippen MR) is 150 cm³/mol. The molecule has 3 aromatic rings. The molecule has 10 heteroatoms. The van der Waals surface area contributed by atoms with E-state index >= 15 is 0 Å². The molecular formula is C29H35FN4O4S. The number of halogens is 1. The minimum absolute atomic E-state index is 0.0118. The van der Waals surface area contributed by atoms with E-state index in [1.807, 2.05) is 37.8 Å². The average molecular weight is 555 g/mol. The number of rotatable bonds is 11. The highest BCUT2D eigenvalue weighted by Crippen LogP contribution is 2.34. The van der Waals surface area contributed by atoms with Crippen LogP contribution in [0.25, 0.3) is 10.6 Å². The van der Waals surface area contributed by atoms with E-state index in [2.05, 4.69) is 10.2 Å². The number of ether oxygens (including phenoxy) is 1. The van der Waals surface area contributed by atoms with Gasteiger partial charge in [0.1, 0.15) is 29.2 Å². The molecule has 1 amide bonds. The number of unbranched alkanes of at least 4 members (excludes halogenated alkanes) is 1. The molecule has 4 rings (SSSR count). The van der Waals surface area contributed by atoms with Crippen molar-refractivity contribution in [1.82, 2.24) is 15.1 Å². The van der Waals surface area contributed by atoms with Crippen molar-refractivity contribution in [3.63, 3.8) is 0 Å². The number of aliphatic carboxylic acids is 1. The van der Waals surface area contributed by atoms with E-state index in [9.17, 15) is 19.1 Å². The van der Waals surface area contributed by atoms with Gasteiger partial charge in [-0.1, -0.05) is 43.2 Å². The highest BCUT2D eigenvalue weighted by Gasteiger charge is 2.28. The number of carbonyl (C=O) groups is 2. The van der Waals surface area contributed by atoms with E-state index in [0.29, 0.717) is 36.3 Å². The third-order valence-electron chi connectivity index (χ3n) is 6.96. The Balaban J connectivity index is 1.49. The summed E-state index contributed by atoms with van der Waals surface area (Å²) in [7, 11) is 0. The number of aromatic nitrogens is 2. The second-order valence-electron chi connectivity index (χ2n) is 9.85. The standard InChI is InChI=1S/C29H35FN4O4S/c1-4-5-14-34(27(35)22-10-6-7-11-23(22)30)29-32-31-26(39-29)21-17-19(2)25(20(3)18-21)38-16-15-33-13-9-8-12-24(33)28(36)37/h6-7,10-11,17-18,24H,4-5,8-9,12-16H2,1-3H3,(H,36,37). The van der Waals surface area contributed by atoms with Crippen molar-refractivity contribution in [3.8, 4) is 16.3 Å². The Labute approximate surface area is 232 Å². The van der Waals surface area contributed by atoms with Gasteiger partial charge in [-0.2, -0.15) is 0 Å². The second kappa shape index (κ2) is 13.1. The van der Waals surface area contributed by atoms with E-state index in [1.165, 1.54) is 28.4 Å². The summed E-state index contributed by atoms with van der Waals surface area (Å²) in [6, 6.07) is 9.47. The molecule has 0 spiro atoms. The van der Waals surface area contributed by atoms with Crippen LogP contribution in [-0.4, -0.2) is 64.4 Å². The number of hydrogen-bond donors (Lipinski definition) is 1. The van der Waals surface area contributed by atoms with Gasteiger partial charge in [0.25, 0.3) is 5.91 Å². The van der Waals surface area contributed by atoms with Crippen molar-refractivity contribution >= 4 is 28.3 Å². The highest BCUT2D eigenvalue weighted by molar-refractivity contribution is 7.18. The molecule has 1 N–H and O–H groups in total. The number of likely N-dealkylation sites (tertiary alicyclic amines) is 1. The van der Waals surface area contributed by atoms with Crippen molar-refractivity contribution in [2.45, 2.75) is 58.9 Å². The molecule has 0 radical (unpaired) electrons. The first-order valence-corrected chi connectivity index (χ1v) is 14.2. The molecule has 2 heterocycles. The second-order valence-corrected chi connectivity index (χ2v) is 10.8. The van der Waals surface area contributed by atoms with E-state index in [1.54, 1.807) is 12.1 Å². The molecule has 1 aliphatic heterocycles. The lowest BCUT2D eigenvalue weighted by molar-refractivity contribution is -0.144.